The first-order chi connectivity index (χ1) is 24.1. The number of benzene rings is 2. The van der Waals surface area contributed by atoms with Crippen LogP contribution in [0.15, 0.2) is 57.9 Å². The van der Waals surface area contributed by atoms with Crippen LogP contribution in [-0.4, -0.2) is 104 Å². The van der Waals surface area contributed by atoms with E-state index >= 15 is 0 Å². The van der Waals surface area contributed by atoms with Crippen LogP contribution in [0, 0.1) is 6.92 Å². The fourth-order valence-electron chi connectivity index (χ4n) is 5.75. The van der Waals surface area contributed by atoms with Gasteiger partial charge in [0.15, 0.2) is 0 Å². The molecular weight excluding hydrogens is 646 g/mol. The number of aryl methyl sites for hydroxylation is 1. The molecule has 0 bridgehead atoms. The molecular formula is C35H41N7O8. The summed E-state index contributed by atoms with van der Waals surface area (Å²) >= 11 is 0. The quantitative estimate of drug-likeness (QED) is 0.140. The molecule has 50 heavy (non-hydrogen) atoms. The van der Waals surface area contributed by atoms with Crippen molar-refractivity contribution in [3.05, 3.63) is 65.4 Å². The Labute approximate surface area is 288 Å². The van der Waals surface area contributed by atoms with Gasteiger partial charge >= 0.3 is 5.97 Å². The van der Waals surface area contributed by atoms with Gasteiger partial charge in [-0.25, -0.2) is 4.99 Å². The minimum Gasteiger partial charge on any atom is -0.468 e. The molecule has 5 amide bonds. The zero-order chi connectivity index (χ0) is 35.6. The summed E-state index contributed by atoms with van der Waals surface area (Å²) in [5.41, 5.74) is 1.70. The molecule has 2 fully saturated rings. The van der Waals surface area contributed by atoms with Crippen LogP contribution in [0.1, 0.15) is 58.6 Å². The van der Waals surface area contributed by atoms with Gasteiger partial charge in [0.2, 0.25) is 23.7 Å². The van der Waals surface area contributed by atoms with E-state index in [9.17, 15) is 28.8 Å². The van der Waals surface area contributed by atoms with E-state index in [0.717, 1.165) is 30.4 Å². The van der Waals surface area contributed by atoms with Crippen molar-refractivity contribution in [3.63, 3.8) is 0 Å². The normalized spacial score (nSPS) is 16.5. The highest BCUT2D eigenvalue weighted by Crippen LogP contribution is 2.23. The van der Waals surface area contributed by atoms with Crippen molar-refractivity contribution in [2.24, 2.45) is 4.99 Å². The zero-order valence-electron chi connectivity index (χ0n) is 28.1. The van der Waals surface area contributed by atoms with Gasteiger partial charge in [-0.3, -0.25) is 34.1 Å². The highest BCUT2D eigenvalue weighted by Gasteiger charge is 2.30. The number of nitrogens with one attached hydrogen (secondary N) is 4. The number of hydrogen-bond donors (Lipinski definition) is 4. The molecule has 0 saturated carbocycles. The molecule has 2 saturated heterocycles. The maximum atomic E-state index is 13.7. The molecule has 264 valence electrons. The van der Waals surface area contributed by atoms with Gasteiger partial charge in [-0.15, -0.1) is 0 Å². The summed E-state index contributed by atoms with van der Waals surface area (Å²) in [6, 6.07) is 12.2. The molecule has 15 nitrogen and oxygen atoms in total. The Morgan fingerprint density at radius 2 is 1.58 bits per heavy atom. The van der Waals surface area contributed by atoms with Crippen LogP contribution in [-0.2, 0) is 23.9 Å². The lowest BCUT2D eigenvalue weighted by Gasteiger charge is -2.25. The number of rotatable bonds is 10. The van der Waals surface area contributed by atoms with E-state index in [0.29, 0.717) is 43.7 Å². The van der Waals surface area contributed by atoms with Crippen molar-refractivity contribution in [1.82, 2.24) is 25.8 Å². The molecule has 15 heteroatoms. The maximum absolute atomic E-state index is 13.7. The lowest BCUT2D eigenvalue weighted by molar-refractivity contribution is -0.141. The number of furan rings is 1. The molecule has 1 unspecified atom stereocenters. The standard InChI is InChI=1S/C35H41N7O8/c1-22-17-25-18-26(12-13-28(25)50-22)38-35(39-27-7-3-4-16-42(34(27)48)21-30(44)41-14-5-6-15-41)40-33(47)24-10-8-23(9-11-24)32(46)37-19-29(43)36-20-31(45)49-2/h8-13,17-18,27H,3-7,14-16,19-21H2,1-2H3,(H,36,43)(H,37,46)(H2,38,39,40,47). The zero-order valence-corrected chi connectivity index (χ0v) is 28.1. The molecule has 4 N–H and O–H groups in total. The topological polar surface area (TPSA) is 192 Å². The van der Waals surface area contributed by atoms with Crippen molar-refractivity contribution in [1.29, 1.82) is 0 Å². The third-order valence-corrected chi connectivity index (χ3v) is 8.43. The van der Waals surface area contributed by atoms with Crippen LogP contribution in [0.25, 0.3) is 11.0 Å². The number of anilines is 1. The number of guanidine groups is 1. The van der Waals surface area contributed by atoms with Crippen molar-refractivity contribution in [3.8, 4) is 0 Å². The Kier molecular flexibility index (Phi) is 11.8. The van der Waals surface area contributed by atoms with Crippen LogP contribution >= 0.6 is 0 Å². The summed E-state index contributed by atoms with van der Waals surface area (Å²) in [6.07, 6.45) is 3.81. The molecule has 2 aliphatic heterocycles. The number of hydrogen-bond acceptors (Lipinski definition) is 9. The summed E-state index contributed by atoms with van der Waals surface area (Å²) in [7, 11) is 1.19. The van der Waals surface area contributed by atoms with Gasteiger partial charge in [-0.05, 0) is 87.6 Å². The summed E-state index contributed by atoms with van der Waals surface area (Å²) in [6.45, 7) is 3.00. The number of fused-ring (bicyclic) bond motifs is 1. The SMILES string of the molecule is COC(=O)CNC(=O)CNC(=O)c1ccc(C(=O)NC(=NC2CCCCN(CC(=O)N3CCCC3)C2=O)Nc2ccc3oc(C)cc3c2)cc1. The Morgan fingerprint density at radius 1 is 0.880 bits per heavy atom. The van der Waals surface area contributed by atoms with Crippen molar-refractivity contribution < 1.29 is 37.9 Å². The number of carbonyl (C=O) groups excluding carboxylic acids is 6. The number of nitrogens with zero attached hydrogens (tertiary/aromatic N) is 3. The van der Waals surface area contributed by atoms with Crippen molar-refractivity contribution in [2.45, 2.75) is 45.1 Å². The third kappa shape index (κ3) is 9.45. The summed E-state index contributed by atoms with van der Waals surface area (Å²) < 4.78 is 10.1. The second-order valence-electron chi connectivity index (χ2n) is 12.1. The number of methoxy groups -OCH3 is 1. The third-order valence-electron chi connectivity index (χ3n) is 8.43. The van der Waals surface area contributed by atoms with Gasteiger partial charge in [0.1, 0.15) is 23.9 Å². The second kappa shape index (κ2) is 16.6. The Hall–Kier alpha value is -5.73. The predicted octanol–water partition coefficient (Wildman–Crippen LogP) is 1.96. The fourth-order valence-corrected chi connectivity index (χ4v) is 5.75. The van der Waals surface area contributed by atoms with Crippen LogP contribution < -0.4 is 21.3 Å². The van der Waals surface area contributed by atoms with Crippen LogP contribution in [0.2, 0.25) is 0 Å². The van der Waals surface area contributed by atoms with E-state index in [4.69, 9.17) is 9.41 Å². The molecule has 5 rings (SSSR count). The summed E-state index contributed by atoms with van der Waals surface area (Å²) in [5.74, 6) is -1.87. The highest BCUT2D eigenvalue weighted by atomic mass is 16.5. The van der Waals surface area contributed by atoms with E-state index in [1.54, 1.807) is 21.9 Å². The molecule has 2 aromatic carbocycles. The minimum atomic E-state index is -0.831. The van der Waals surface area contributed by atoms with Crippen molar-refractivity contribution in [2.75, 3.05) is 51.7 Å². The first kappa shape index (κ1) is 35.6. The molecule has 2 aliphatic rings. The highest BCUT2D eigenvalue weighted by molar-refractivity contribution is 6.11. The number of aliphatic imine (C=N–C) groups is 1. The number of carbonyl (C=O) groups is 6. The van der Waals surface area contributed by atoms with Gasteiger partial charge < -0.3 is 34.9 Å². The number of ether oxygens (including phenoxy) is 1. The molecule has 1 atom stereocenters. The maximum Gasteiger partial charge on any atom is 0.325 e. The van der Waals surface area contributed by atoms with Gasteiger partial charge in [-0.2, -0.15) is 0 Å². The number of amides is 5. The van der Waals surface area contributed by atoms with Crippen molar-refractivity contribution >= 4 is 58.1 Å². The second-order valence-corrected chi connectivity index (χ2v) is 12.1. The Balaban J connectivity index is 1.30. The van der Waals surface area contributed by atoms with E-state index in [1.807, 2.05) is 19.1 Å². The van der Waals surface area contributed by atoms with Crippen LogP contribution in [0.3, 0.4) is 0 Å². The number of esters is 1. The van der Waals surface area contributed by atoms with E-state index < -0.39 is 29.7 Å². The lowest BCUT2D eigenvalue weighted by Crippen LogP contribution is -2.45. The van der Waals surface area contributed by atoms with Gasteiger partial charge in [-0.1, -0.05) is 0 Å². The summed E-state index contributed by atoms with van der Waals surface area (Å²) in [5, 5.41) is 11.5. The monoisotopic (exact) mass is 687 g/mol. The molecule has 1 aromatic heterocycles. The molecule has 0 aliphatic carbocycles. The first-order valence-corrected chi connectivity index (χ1v) is 16.5. The fraction of sp³-hybridized carbons (Fsp3) is 0.400. The minimum absolute atomic E-state index is 0.00538. The lowest BCUT2D eigenvalue weighted by atomic mass is 10.1. The molecule has 0 radical (unpaired) electrons. The van der Waals surface area contributed by atoms with E-state index in [2.05, 4.69) is 26.0 Å². The Bertz CT molecular complexity index is 1780. The van der Waals surface area contributed by atoms with E-state index in [-0.39, 0.29) is 48.5 Å². The number of likely N-dealkylation sites (tertiary alicyclic amines) is 2. The molecule has 3 aromatic rings. The van der Waals surface area contributed by atoms with Gasteiger partial charge in [0.05, 0.1) is 20.2 Å². The van der Waals surface area contributed by atoms with E-state index in [1.165, 1.54) is 31.4 Å². The molecule has 3 heterocycles. The van der Waals surface area contributed by atoms with Gasteiger partial charge in [0, 0.05) is 41.8 Å². The average Bonchev–Trinajstić information content (AvgIpc) is 3.75. The largest absolute Gasteiger partial charge is 0.468 e. The average molecular weight is 688 g/mol. The van der Waals surface area contributed by atoms with Gasteiger partial charge in [0.25, 0.3) is 11.8 Å². The van der Waals surface area contributed by atoms with Crippen LogP contribution in [0.5, 0.6) is 0 Å². The smallest absolute Gasteiger partial charge is 0.325 e. The Morgan fingerprint density at radius 3 is 2.30 bits per heavy atom. The molecule has 0 spiro atoms. The predicted molar refractivity (Wildman–Crippen MR) is 183 cm³/mol. The summed E-state index contributed by atoms with van der Waals surface area (Å²) in [4.78, 5) is 83.8. The first-order valence-electron chi connectivity index (χ1n) is 16.5. The van der Waals surface area contributed by atoms with Crippen LogP contribution in [0.4, 0.5) is 5.69 Å².